The number of carbonyl (C=O) groups excluding carboxylic acids is 4. The zero-order chi connectivity index (χ0) is 33.6. The maximum Gasteiger partial charge on any atom is 0.407 e. The number of esters is 1. The summed E-state index contributed by atoms with van der Waals surface area (Å²) in [6.07, 6.45) is -5.09. The standard InChI is InChI=1S/C32H53N3O9/c1-19(2)14-23(25(37)17-29(41)43-18-22-12-10-9-11-13-22)34-28(40)15-24(36)21(5)33-27(39)16-26(38)30(20(3)4)35-31(42)44-32(6,7)8/h9-13,19-21,23-26,30,36-38H,14-18H2,1-8H3,(H,33,39)(H,34,40)(H,35,42)/t21-,23-,24+,25+,26+,30+/m0/s1. The molecule has 1 rings (SSSR count). The third-order valence-electron chi connectivity index (χ3n) is 6.73. The van der Waals surface area contributed by atoms with Crippen molar-refractivity contribution >= 4 is 23.9 Å². The van der Waals surface area contributed by atoms with Crippen molar-refractivity contribution in [3.8, 4) is 0 Å². The van der Waals surface area contributed by atoms with Gasteiger partial charge in [-0.05, 0) is 51.5 Å². The van der Waals surface area contributed by atoms with Gasteiger partial charge in [-0.1, -0.05) is 58.0 Å². The van der Waals surface area contributed by atoms with E-state index in [1.54, 1.807) is 34.6 Å². The van der Waals surface area contributed by atoms with E-state index in [4.69, 9.17) is 9.47 Å². The highest BCUT2D eigenvalue weighted by Gasteiger charge is 2.31. The molecule has 250 valence electrons. The summed E-state index contributed by atoms with van der Waals surface area (Å²) in [4.78, 5) is 49.9. The Morgan fingerprint density at radius 2 is 1.34 bits per heavy atom. The molecule has 12 nitrogen and oxygen atoms in total. The number of nitrogens with one attached hydrogen (secondary N) is 3. The number of carbonyl (C=O) groups is 4. The topological polar surface area (TPSA) is 184 Å². The molecule has 0 fully saturated rings. The minimum atomic E-state index is -1.27. The van der Waals surface area contributed by atoms with Gasteiger partial charge in [0.1, 0.15) is 12.2 Å². The van der Waals surface area contributed by atoms with Gasteiger partial charge in [-0.15, -0.1) is 0 Å². The quantitative estimate of drug-likeness (QED) is 0.142. The molecule has 0 radical (unpaired) electrons. The number of alkyl carbamates (subject to hydrolysis) is 1. The second-order valence-electron chi connectivity index (χ2n) is 13.0. The van der Waals surface area contributed by atoms with Crippen molar-refractivity contribution in [3.63, 3.8) is 0 Å². The second kappa shape index (κ2) is 18.6. The first-order valence-electron chi connectivity index (χ1n) is 15.2. The first-order chi connectivity index (χ1) is 20.4. The molecule has 0 aromatic heterocycles. The lowest BCUT2D eigenvalue weighted by Gasteiger charge is -2.29. The summed E-state index contributed by atoms with van der Waals surface area (Å²) in [6.45, 7) is 14.1. The van der Waals surface area contributed by atoms with Gasteiger partial charge in [0.2, 0.25) is 11.8 Å². The van der Waals surface area contributed by atoms with Gasteiger partial charge < -0.3 is 40.7 Å². The first kappa shape index (κ1) is 38.8. The summed E-state index contributed by atoms with van der Waals surface area (Å²) in [5.41, 5.74) is 0.0804. The average molecular weight is 624 g/mol. The van der Waals surface area contributed by atoms with E-state index in [9.17, 15) is 34.5 Å². The fourth-order valence-electron chi connectivity index (χ4n) is 4.44. The molecule has 12 heteroatoms. The summed E-state index contributed by atoms with van der Waals surface area (Å²) in [5.74, 6) is -1.88. The van der Waals surface area contributed by atoms with E-state index in [0.717, 1.165) is 5.56 Å². The van der Waals surface area contributed by atoms with Crippen LogP contribution in [-0.2, 0) is 30.5 Å². The van der Waals surface area contributed by atoms with Gasteiger partial charge in [-0.25, -0.2) is 4.79 Å². The van der Waals surface area contributed by atoms with E-state index in [2.05, 4.69) is 16.0 Å². The number of rotatable bonds is 17. The van der Waals surface area contributed by atoms with Crippen LogP contribution in [0.3, 0.4) is 0 Å². The SMILES string of the molecule is CC(C)C[C@H](NC(=O)C[C@@H](O)[C@H](C)NC(=O)C[C@@H](O)[C@H](NC(=O)OC(C)(C)C)C(C)C)[C@H](O)CC(=O)OCc1ccccc1. The lowest BCUT2D eigenvalue weighted by Crippen LogP contribution is -2.51. The van der Waals surface area contributed by atoms with Gasteiger partial charge in [0.05, 0.1) is 55.7 Å². The summed E-state index contributed by atoms with van der Waals surface area (Å²) in [5, 5.41) is 39.9. The predicted molar refractivity (Wildman–Crippen MR) is 165 cm³/mol. The molecule has 6 N–H and O–H groups in total. The molecular formula is C32H53N3O9. The highest BCUT2D eigenvalue weighted by atomic mass is 16.6. The number of ether oxygens (including phenoxy) is 2. The highest BCUT2D eigenvalue weighted by Crippen LogP contribution is 2.15. The van der Waals surface area contributed by atoms with Crippen LogP contribution in [0.5, 0.6) is 0 Å². The number of amides is 3. The summed E-state index contributed by atoms with van der Waals surface area (Å²) in [7, 11) is 0. The summed E-state index contributed by atoms with van der Waals surface area (Å²) < 4.78 is 10.5. The molecule has 6 atom stereocenters. The maximum absolute atomic E-state index is 12.8. The molecule has 0 aliphatic rings. The van der Waals surface area contributed by atoms with Crippen molar-refractivity contribution in [1.29, 1.82) is 0 Å². The van der Waals surface area contributed by atoms with Gasteiger partial charge in [0.25, 0.3) is 0 Å². The molecule has 1 aromatic rings. The molecule has 0 unspecified atom stereocenters. The zero-order valence-electron chi connectivity index (χ0n) is 27.3. The Labute approximate surface area is 261 Å². The normalized spacial score (nSPS) is 15.8. The van der Waals surface area contributed by atoms with Gasteiger partial charge in [-0.2, -0.15) is 0 Å². The fourth-order valence-corrected chi connectivity index (χ4v) is 4.44. The van der Waals surface area contributed by atoms with E-state index < -0.39 is 65.9 Å². The minimum absolute atomic E-state index is 0.0683. The number of hydrogen-bond acceptors (Lipinski definition) is 9. The van der Waals surface area contributed by atoms with Crippen LogP contribution in [0.4, 0.5) is 4.79 Å². The molecule has 0 bridgehead atoms. The average Bonchev–Trinajstić information content (AvgIpc) is 2.89. The Hall–Kier alpha value is -3.22. The van der Waals surface area contributed by atoms with Crippen LogP contribution in [0.25, 0.3) is 0 Å². The van der Waals surface area contributed by atoms with Crippen LogP contribution in [0, 0.1) is 11.8 Å². The van der Waals surface area contributed by atoms with Gasteiger partial charge in [-0.3, -0.25) is 14.4 Å². The predicted octanol–water partition coefficient (Wildman–Crippen LogP) is 2.57. The van der Waals surface area contributed by atoms with Crippen LogP contribution < -0.4 is 16.0 Å². The number of benzene rings is 1. The molecule has 44 heavy (non-hydrogen) atoms. The molecular weight excluding hydrogens is 570 g/mol. The van der Waals surface area contributed by atoms with Crippen LogP contribution in [0.15, 0.2) is 30.3 Å². The van der Waals surface area contributed by atoms with Crippen LogP contribution in [-0.4, -0.2) is 81.2 Å². The Kier molecular flexibility index (Phi) is 16.4. The Bertz CT molecular complexity index is 1040. The molecule has 0 heterocycles. The molecule has 0 spiro atoms. The second-order valence-corrected chi connectivity index (χ2v) is 13.0. The molecule has 3 amide bonds. The number of aliphatic hydroxyl groups is 3. The van der Waals surface area contributed by atoms with Crippen molar-refractivity contribution in [1.82, 2.24) is 16.0 Å². The van der Waals surface area contributed by atoms with Crippen LogP contribution in [0.1, 0.15) is 86.6 Å². The lowest BCUT2D eigenvalue weighted by molar-refractivity contribution is -0.148. The molecule has 0 saturated carbocycles. The Balaban J connectivity index is 2.64. The van der Waals surface area contributed by atoms with Crippen molar-refractivity contribution in [2.45, 2.75) is 130 Å². The zero-order valence-corrected chi connectivity index (χ0v) is 27.3. The van der Waals surface area contributed by atoms with Crippen LogP contribution in [0.2, 0.25) is 0 Å². The van der Waals surface area contributed by atoms with Crippen molar-refractivity contribution in [2.24, 2.45) is 11.8 Å². The molecule has 0 saturated heterocycles. The smallest absolute Gasteiger partial charge is 0.407 e. The van der Waals surface area contributed by atoms with E-state index in [1.165, 1.54) is 6.92 Å². The molecule has 0 aliphatic heterocycles. The first-order valence-corrected chi connectivity index (χ1v) is 15.2. The van der Waals surface area contributed by atoms with E-state index >= 15 is 0 Å². The lowest BCUT2D eigenvalue weighted by atomic mass is 9.96. The number of aliphatic hydroxyl groups excluding tert-OH is 3. The Morgan fingerprint density at radius 3 is 1.89 bits per heavy atom. The van der Waals surface area contributed by atoms with Gasteiger partial charge in [0.15, 0.2) is 0 Å². The minimum Gasteiger partial charge on any atom is -0.461 e. The van der Waals surface area contributed by atoms with Crippen molar-refractivity contribution < 1.29 is 44.0 Å². The third-order valence-corrected chi connectivity index (χ3v) is 6.73. The van der Waals surface area contributed by atoms with E-state index in [-0.39, 0.29) is 37.7 Å². The largest absolute Gasteiger partial charge is 0.461 e. The van der Waals surface area contributed by atoms with Crippen molar-refractivity contribution in [2.75, 3.05) is 0 Å². The number of hydrogen-bond donors (Lipinski definition) is 6. The van der Waals surface area contributed by atoms with Crippen LogP contribution >= 0.6 is 0 Å². The molecule has 1 aromatic carbocycles. The monoisotopic (exact) mass is 623 g/mol. The van der Waals surface area contributed by atoms with Crippen molar-refractivity contribution in [3.05, 3.63) is 35.9 Å². The third kappa shape index (κ3) is 16.0. The molecule has 0 aliphatic carbocycles. The summed E-state index contributed by atoms with van der Waals surface area (Å²) >= 11 is 0. The highest BCUT2D eigenvalue weighted by molar-refractivity contribution is 5.79. The van der Waals surface area contributed by atoms with E-state index in [0.29, 0.717) is 6.42 Å². The van der Waals surface area contributed by atoms with E-state index in [1.807, 2.05) is 44.2 Å². The summed E-state index contributed by atoms with van der Waals surface area (Å²) in [6, 6.07) is 6.75. The fraction of sp³-hybridized carbons (Fsp3) is 0.688. The van der Waals surface area contributed by atoms with Gasteiger partial charge in [0, 0.05) is 0 Å². The maximum atomic E-state index is 12.8. The Morgan fingerprint density at radius 1 is 0.773 bits per heavy atom. The van der Waals surface area contributed by atoms with Gasteiger partial charge >= 0.3 is 12.1 Å².